The molecule has 2 aliphatic heterocycles. The van der Waals surface area contributed by atoms with Crippen molar-refractivity contribution < 1.29 is 9.53 Å². The van der Waals surface area contributed by atoms with Crippen molar-refractivity contribution in [3.05, 3.63) is 46.5 Å². The summed E-state index contributed by atoms with van der Waals surface area (Å²) in [5.41, 5.74) is 12.0. The van der Waals surface area contributed by atoms with Crippen LogP contribution in [0.4, 0.5) is 11.5 Å². The second-order valence-electron chi connectivity index (χ2n) is 8.21. The number of ether oxygens (including phenoxy) is 1. The van der Waals surface area contributed by atoms with Gasteiger partial charge in [-0.1, -0.05) is 31.5 Å². The first-order valence-corrected chi connectivity index (χ1v) is 10.5. The Morgan fingerprint density at radius 1 is 1.21 bits per heavy atom. The van der Waals surface area contributed by atoms with Gasteiger partial charge >= 0.3 is 0 Å². The van der Waals surface area contributed by atoms with Crippen molar-refractivity contribution in [2.24, 2.45) is 0 Å². The lowest BCUT2D eigenvalue weighted by Gasteiger charge is -2.32. The summed E-state index contributed by atoms with van der Waals surface area (Å²) in [6, 6.07) is 8.65. The van der Waals surface area contributed by atoms with Crippen LogP contribution in [0.5, 0.6) is 5.88 Å². The van der Waals surface area contributed by atoms with Gasteiger partial charge in [-0.25, -0.2) is 0 Å². The van der Waals surface area contributed by atoms with Crippen LogP contribution in [-0.4, -0.2) is 42.4 Å². The van der Waals surface area contributed by atoms with E-state index in [4.69, 9.17) is 10.5 Å². The number of carbonyl (C=O) groups is 1. The number of rotatable bonds is 6. The van der Waals surface area contributed by atoms with E-state index in [0.29, 0.717) is 37.8 Å². The van der Waals surface area contributed by atoms with Crippen molar-refractivity contribution in [1.82, 2.24) is 9.88 Å². The number of hydrogen-bond acceptors (Lipinski definition) is 6. The van der Waals surface area contributed by atoms with E-state index in [-0.39, 0.29) is 5.78 Å². The number of aromatic nitrogens is 1. The Kier molecular flexibility index (Phi) is 5.72. The topological polar surface area (TPSA) is 71.7 Å². The zero-order valence-electron chi connectivity index (χ0n) is 17.4. The van der Waals surface area contributed by atoms with Gasteiger partial charge < -0.3 is 20.3 Å². The van der Waals surface area contributed by atoms with Gasteiger partial charge in [-0.05, 0) is 36.6 Å². The van der Waals surface area contributed by atoms with Crippen LogP contribution >= 0.6 is 0 Å². The molecule has 4 rings (SSSR count). The molecule has 2 aliphatic rings. The summed E-state index contributed by atoms with van der Waals surface area (Å²) < 4.78 is 5.80. The molecule has 29 heavy (non-hydrogen) atoms. The van der Waals surface area contributed by atoms with Gasteiger partial charge in [0.1, 0.15) is 5.82 Å². The number of benzene rings is 1. The number of fused-ring (bicyclic) bond motifs is 2. The predicted molar refractivity (Wildman–Crippen MR) is 115 cm³/mol. The van der Waals surface area contributed by atoms with E-state index in [1.165, 1.54) is 16.7 Å². The SMILES string of the molecule is CCCCOc1cc2c(c(N)n1)CC(=O)CN2Cc1ccc2c(c1)CCN(C)C2. The van der Waals surface area contributed by atoms with Crippen molar-refractivity contribution in [1.29, 1.82) is 0 Å². The Morgan fingerprint density at radius 2 is 2.07 bits per heavy atom. The summed E-state index contributed by atoms with van der Waals surface area (Å²) >= 11 is 0. The summed E-state index contributed by atoms with van der Waals surface area (Å²) in [6.45, 7) is 5.91. The Balaban J connectivity index is 1.59. The number of nitrogens with two attached hydrogens (primary N) is 1. The lowest BCUT2D eigenvalue weighted by atomic mass is 9.96. The van der Waals surface area contributed by atoms with Crippen LogP contribution in [-0.2, 0) is 30.7 Å². The van der Waals surface area contributed by atoms with Gasteiger partial charge in [-0.15, -0.1) is 0 Å². The monoisotopic (exact) mass is 394 g/mol. The number of anilines is 2. The largest absolute Gasteiger partial charge is 0.478 e. The Bertz CT molecular complexity index is 912. The third-order valence-corrected chi connectivity index (χ3v) is 5.79. The molecule has 0 unspecified atom stereocenters. The molecule has 0 amide bonds. The molecule has 0 saturated heterocycles. The van der Waals surface area contributed by atoms with Crippen LogP contribution in [0.25, 0.3) is 0 Å². The number of pyridine rings is 1. The number of carbonyl (C=O) groups excluding carboxylic acids is 1. The highest BCUT2D eigenvalue weighted by Gasteiger charge is 2.26. The van der Waals surface area contributed by atoms with Gasteiger partial charge in [0.2, 0.25) is 5.88 Å². The second kappa shape index (κ2) is 8.41. The van der Waals surface area contributed by atoms with Crippen molar-refractivity contribution >= 4 is 17.3 Å². The van der Waals surface area contributed by atoms with E-state index >= 15 is 0 Å². The molecule has 0 aliphatic carbocycles. The molecule has 0 radical (unpaired) electrons. The molecule has 0 fully saturated rings. The van der Waals surface area contributed by atoms with Gasteiger partial charge in [0.15, 0.2) is 5.78 Å². The highest BCUT2D eigenvalue weighted by atomic mass is 16.5. The average Bonchev–Trinajstić information content (AvgIpc) is 2.69. The minimum atomic E-state index is 0.172. The molecule has 1 aromatic carbocycles. The van der Waals surface area contributed by atoms with Crippen LogP contribution in [0.2, 0.25) is 0 Å². The third-order valence-electron chi connectivity index (χ3n) is 5.79. The first kappa shape index (κ1) is 19.7. The van der Waals surface area contributed by atoms with Crippen molar-refractivity contribution in [2.75, 3.05) is 37.4 Å². The molecular weight excluding hydrogens is 364 g/mol. The predicted octanol–water partition coefficient (Wildman–Crippen LogP) is 2.96. The van der Waals surface area contributed by atoms with Crippen molar-refractivity contribution in [3.8, 4) is 5.88 Å². The maximum Gasteiger partial charge on any atom is 0.217 e. The first-order valence-electron chi connectivity index (χ1n) is 10.5. The van der Waals surface area contributed by atoms with E-state index in [1.807, 2.05) is 6.07 Å². The molecule has 0 bridgehead atoms. The van der Waals surface area contributed by atoms with Crippen LogP contribution < -0.4 is 15.4 Å². The van der Waals surface area contributed by atoms with Crippen LogP contribution in [0.15, 0.2) is 24.3 Å². The number of hydrogen-bond donors (Lipinski definition) is 1. The van der Waals surface area contributed by atoms with E-state index in [0.717, 1.165) is 43.6 Å². The molecule has 2 aromatic rings. The number of unbranched alkanes of at least 4 members (excludes halogenated alkanes) is 1. The molecule has 3 heterocycles. The highest BCUT2D eigenvalue weighted by molar-refractivity contribution is 5.92. The molecule has 0 atom stereocenters. The first-order chi connectivity index (χ1) is 14.0. The smallest absolute Gasteiger partial charge is 0.217 e. The fourth-order valence-electron chi connectivity index (χ4n) is 4.17. The molecule has 154 valence electrons. The number of nitrogen functional groups attached to an aromatic ring is 1. The summed E-state index contributed by atoms with van der Waals surface area (Å²) in [6.07, 6.45) is 3.46. The van der Waals surface area contributed by atoms with Crippen LogP contribution in [0, 0.1) is 0 Å². The Morgan fingerprint density at radius 3 is 2.90 bits per heavy atom. The van der Waals surface area contributed by atoms with Crippen LogP contribution in [0.3, 0.4) is 0 Å². The minimum absolute atomic E-state index is 0.172. The molecular formula is C23H30N4O2. The standard InChI is InChI=1S/C23H30N4O2/c1-3-4-9-29-22-12-21-20(23(24)25-22)11-19(28)15-27(21)13-16-5-6-18-14-26(2)8-7-17(18)10-16/h5-6,10,12H,3-4,7-9,11,13-15H2,1-2H3,(H2,24,25). The molecule has 0 spiro atoms. The molecule has 1 aromatic heterocycles. The van der Waals surface area contributed by atoms with Crippen molar-refractivity contribution in [2.45, 2.75) is 45.7 Å². The molecule has 6 heteroatoms. The zero-order valence-corrected chi connectivity index (χ0v) is 17.4. The van der Waals surface area contributed by atoms with Gasteiger partial charge in [-0.2, -0.15) is 4.98 Å². The van der Waals surface area contributed by atoms with E-state index in [2.05, 4.69) is 47.0 Å². The Labute approximate surface area is 172 Å². The van der Waals surface area contributed by atoms with Gasteiger partial charge in [0.05, 0.1) is 18.8 Å². The average molecular weight is 395 g/mol. The maximum atomic E-state index is 12.4. The van der Waals surface area contributed by atoms with Gasteiger partial charge in [0.25, 0.3) is 0 Å². The van der Waals surface area contributed by atoms with Crippen LogP contribution in [0.1, 0.15) is 42.0 Å². The number of nitrogens with zero attached hydrogens (tertiary/aromatic N) is 3. The number of Topliss-reactive ketones (excluding diaryl/α,β-unsaturated/α-hetero) is 1. The number of likely N-dealkylation sites (N-methyl/N-ethyl adjacent to an activating group) is 1. The van der Waals surface area contributed by atoms with E-state index in [1.54, 1.807) is 0 Å². The van der Waals surface area contributed by atoms with Gasteiger partial charge in [0, 0.05) is 37.7 Å². The number of ketones is 1. The summed E-state index contributed by atoms with van der Waals surface area (Å²) in [4.78, 5) is 21.2. The molecule has 0 saturated carbocycles. The summed E-state index contributed by atoms with van der Waals surface area (Å²) in [5.74, 6) is 1.12. The lowest BCUT2D eigenvalue weighted by molar-refractivity contribution is -0.117. The molecule has 2 N–H and O–H groups in total. The quantitative estimate of drug-likeness (QED) is 0.760. The molecule has 6 nitrogen and oxygen atoms in total. The Hall–Kier alpha value is -2.60. The lowest BCUT2D eigenvalue weighted by Crippen LogP contribution is -2.36. The minimum Gasteiger partial charge on any atom is -0.478 e. The zero-order chi connectivity index (χ0) is 20.4. The van der Waals surface area contributed by atoms with Crippen molar-refractivity contribution in [3.63, 3.8) is 0 Å². The fourth-order valence-corrected chi connectivity index (χ4v) is 4.17. The normalized spacial score (nSPS) is 16.5. The summed E-state index contributed by atoms with van der Waals surface area (Å²) in [7, 11) is 2.16. The fraction of sp³-hybridized carbons (Fsp3) is 0.478. The van der Waals surface area contributed by atoms with E-state index < -0.39 is 0 Å². The highest BCUT2D eigenvalue weighted by Crippen LogP contribution is 2.34. The van der Waals surface area contributed by atoms with Gasteiger partial charge in [-0.3, -0.25) is 4.79 Å². The summed E-state index contributed by atoms with van der Waals surface area (Å²) in [5, 5.41) is 0. The second-order valence-corrected chi connectivity index (χ2v) is 8.21. The van der Waals surface area contributed by atoms with E-state index in [9.17, 15) is 4.79 Å². The maximum absolute atomic E-state index is 12.4. The third kappa shape index (κ3) is 4.37.